The topological polar surface area (TPSA) is 105 Å². The number of nitrogens with one attached hydrogen (secondary N) is 3. The van der Waals surface area contributed by atoms with Crippen LogP contribution in [0.2, 0.25) is 0 Å². The number of guanidine groups is 1. The molecule has 1 heterocycles. The second-order valence-electron chi connectivity index (χ2n) is 6.12. The van der Waals surface area contributed by atoms with Crippen molar-refractivity contribution in [2.45, 2.75) is 24.8 Å². The summed E-state index contributed by atoms with van der Waals surface area (Å²) < 4.78 is 37.7. The molecule has 3 N–H and O–H groups in total. The maximum Gasteiger partial charge on any atom is 0.240 e. The lowest BCUT2D eigenvalue weighted by molar-refractivity contribution is 0.105. The van der Waals surface area contributed by atoms with Gasteiger partial charge in [0.05, 0.1) is 11.2 Å². The van der Waals surface area contributed by atoms with E-state index in [4.69, 9.17) is 9.15 Å². The minimum Gasteiger partial charge on any atom is -0.467 e. The molecule has 0 fully saturated rings. The number of halogens is 1. The largest absolute Gasteiger partial charge is 0.467 e. The first-order chi connectivity index (χ1) is 13.5. The van der Waals surface area contributed by atoms with Crippen LogP contribution in [0.4, 0.5) is 0 Å². The Bertz CT molecular complexity index is 824. The fourth-order valence-electron chi connectivity index (χ4n) is 2.34. The fraction of sp³-hybridized carbons (Fsp3) is 0.421. The number of furan rings is 1. The Labute approximate surface area is 189 Å². The SMILES string of the molecule is CN=C(NCCCOCc1ccco1)NCCNS(=O)(=O)c1ccc(C)cc1.I. The smallest absolute Gasteiger partial charge is 0.240 e. The summed E-state index contributed by atoms with van der Waals surface area (Å²) >= 11 is 0. The summed E-state index contributed by atoms with van der Waals surface area (Å²) in [6.07, 6.45) is 2.43. The summed E-state index contributed by atoms with van der Waals surface area (Å²) in [7, 11) is -1.84. The maximum absolute atomic E-state index is 12.2. The molecule has 0 bridgehead atoms. The summed E-state index contributed by atoms with van der Waals surface area (Å²) in [5.41, 5.74) is 1.02. The van der Waals surface area contributed by atoms with Crippen molar-refractivity contribution in [2.75, 3.05) is 33.3 Å². The second-order valence-corrected chi connectivity index (χ2v) is 7.89. The molecule has 0 spiro atoms. The third-order valence-electron chi connectivity index (χ3n) is 3.85. The van der Waals surface area contributed by atoms with Crippen LogP contribution in [0.1, 0.15) is 17.7 Å². The van der Waals surface area contributed by atoms with E-state index in [-0.39, 0.29) is 35.4 Å². The van der Waals surface area contributed by atoms with Crippen molar-refractivity contribution in [3.63, 3.8) is 0 Å². The van der Waals surface area contributed by atoms with Gasteiger partial charge in [-0.2, -0.15) is 0 Å². The van der Waals surface area contributed by atoms with Crippen LogP contribution in [0.25, 0.3) is 0 Å². The minimum absolute atomic E-state index is 0. The Kier molecular flexibility index (Phi) is 11.9. The third-order valence-corrected chi connectivity index (χ3v) is 5.32. The summed E-state index contributed by atoms with van der Waals surface area (Å²) in [6.45, 7) is 4.33. The molecule has 0 aliphatic rings. The van der Waals surface area contributed by atoms with Crippen LogP contribution in [-0.4, -0.2) is 47.7 Å². The van der Waals surface area contributed by atoms with E-state index in [1.807, 2.05) is 19.1 Å². The standard InChI is InChI=1S/C19H28N4O4S.HI/c1-16-6-8-18(9-7-16)28(24,25)23-12-11-22-19(20-2)21-10-4-13-26-15-17-5-3-14-27-17;/h3,5-9,14,23H,4,10-13,15H2,1-2H3,(H2,20,21,22);1H. The lowest BCUT2D eigenvalue weighted by atomic mass is 10.2. The van der Waals surface area contributed by atoms with Crippen LogP contribution in [0.15, 0.2) is 57.0 Å². The molecule has 0 aliphatic heterocycles. The molecular formula is C19H29IN4O4S. The van der Waals surface area contributed by atoms with Gasteiger partial charge in [0.2, 0.25) is 10.0 Å². The Morgan fingerprint density at radius 2 is 1.83 bits per heavy atom. The summed E-state index contributed by atoms with van der Waals surface area (Å²) in [6, 6.07) is 10.4. The summed E-state index contributed by atoms with van der Waals surface area (Å²) in [5, 5.41) is 6.23. The number of rotatable bonds is 11. The van der Waals surface area contributed by atoms with Gasteiger partial charge in [0, 0.05) is 33.3 Å². The predicted octanol–water partition coefficient (Wildman–Crippen LogP) is 2.26. The van der Waals surface area contributed by atoms with Gasteiger partial charge in [-0.1, -0.05) is 17.7 Å². The van der Waals surface area contributed by atoms with Crippen LogP contribution >= 0.6 is 24.0 Å². The van der Waals surface area contributed by atoms with Crippen LogP contribution in [0.5, 0.6) is 0 Å². The molecule has 0 radical (unpaired) electrons. The number of aliphatic imine (C=N–C) groups is 1. The lowest BCUT2D eigenvalue weighted by Crippen LogP contribution is -2.41. The normalized spacial score (nSPS) is 11.7. The van der Waals surface area contributed by atoms with E-state index < -0.39 is 10.0 Å². The highest BCUT2D eigenvalue weighted by molar-refractivity contribution is 14.0. The molecule has 0 unspecified atom stereocenters. The first-order valence-electron chi connectivity index (χ1n) is 9.12. The van der Waals surface area contributed by atoms with Crippen molar-refractivity contribution in [3.05, 3.63) is 54.0 Å². The van der Waals surface area contributed by atoms with E-state index in [2.05, 4.69) is 20.3 Å². The third kappa shape index (κ3) is 9.61. The number of benzene rings is 1. The first-order valence-corrected chi connectivity index (χ1v) is 10.6. The van der Waals surface area contributed by atoms with E-state index in [1.165, 1.54) is 0 Å². The molecular weight excluding hydrogens is 507 g/mol. The fourth-order valence-corrected chi connectivity index (χ4v) is 3.37. The van der Waals surface area contributed by atoms with E-state index in [0.29, 0.717) is 32.3 Å². The van der Waals surface area contributed by atoms with Gasteiger partial charge in [-0.3, -0.25) is 4.99 Å². The zero-order valence-electron chi connectivity index (χ0n) is 16.7. The van der Waals surface area contributed by atoms with Gasteiger partial charge in [-0.05, 0) is 37.6 Å². The van der Waals surface area contributed by atoms with Crippen molar-refractivity contribution in [1.82, 2.24) is 15.4 Å². The lowest BCUT2D eigenvalue weighted by Gasteiger charge is -2.12. The maximum atomic E-state index is 12.2. The highest BCUT2D eigenvalue weighted by Gasteiger charge is 2.12. The van der Waals surface area contributed by atoms with Gasteiger partial charge < -0.3 is 19.8 Å². The highest BCUT2D eigenvalue weighted by Crippen LogP contribution is 2.09. The number of nitrogens with zero attached hydrogens (tertiary/aromatic N) is 1. The Balaban J connectivity index is 0.00000420. The zero-order chi connectivity index (χ0) is 20.2. The van der Waals surface area contributed by atoms with Gasteiger partial charge in [-0.15, -0.1) is 24.0 Å². The quantitative estimate of drug-likeness (QED) is 0.176. The van der Waals surface area contributed by atoms with Gasteiger partial charge >= 0.3 is 0 Å². The minimum atomic E-state index is -3.50. The van der Waals surface area contributed by atoms with Gasteiger partial charge in [0.1, 0.15) is 12.4 Å². The molecule has 0 saturated carbocycles. The average Bonchev–Trinajstić information content (AvgIpc) is 3.20. The Morgan fingerprint density at radius 1 is 1.10 bits per heavy atom. The molecule has 2 aromatic rings. The van der Waals surface area contributed by atoms with Gasteiger partial charge in [0.25, 0.3) is 0 Å². The molecule has 10 heteroatoms. The molecule has 1 aromatic carbocycles. The summed E-state index contributed by atoms with van der Waals surface area (Å²) in [5.74, 6) is 1.42. The Morgan fingerprint density at radius 3 is 2.48 bits per heavy atom. The molecule has 29 heavy (non-hydrogen) atoms. The van der Waals surface area contributed by atoms with Crippen molar-refractivity contribution >= 4 is 40.0 Å². The van der Waals surface area contributed by atoms with Crippen LogP contribution in [-0.2, 0) is 21.4 Å². The number of ether oxygens (including phenoxy) is 1. The Hall–Kier alpha value is -1.63. The van der Waals surface area contributed by atoms with E-state index in [0.717, 1.165) is 17.7 Å². The van der Waals surface area contributed by atoms with Crippen molar-refractivity contribution in [2.24, 2.45) is 4.99 Å². The molecule has 0 amide bonds. The second kappa shape index (κ2) is 13.6. The van der Waals surface area contributed by atoms with Gasteiger partial charge in [0.15, 0.2) is 5.96 Å². The van der Waals surface area contributed by atoms with Crippen LogP contribution in [0.3, 0.4) is 0 Å². The number of sulfonamides is 1. The van der Waals surface area contributed by atoms with E-state index in [9.17, 15) is 8.42 Å². The van der Waals surface area contributed by atoms with Gasteiger partial charge in [-0.25, -0.2) is 13.1 Å². The number of hydrogen-bond donors (Lipinski definition) is 3. The molecule has 2 rings (SSSR count). The van der Waals surface area contributed by atoms with Crippen LogP contribution in [0, 0.1) is 6.92 Å². The zero-order valence-corrected chi connectivity index (χ0v) is 19.8. The monoisotopic (exact) mass is 536 g/mol. The molecule has 0 saturated heterocycles. The number of hydrogen-bond acceptors (Lipinski definition) is 5. The molecule has 1 aromatic heterocycles. The molecule has 8 nitrogen and oxygen atoms in total. The van der Waals surface area contributed by atoms with Crippen molar-refractivity contribution in [1.29, 1.82) is 0 Å². The van der Waals surface area contributed by atoms with E-state index in [1.54, 1.807) is 37.6 Å². The van der Waals surface area contributed by atoms with Crippen molar-refractivity contribution in [3.8, 4) is 0 Å². The van der Waals surface area contributed by atoms with Crippen LogP contribution < -0.4 is 15.4 Å². The van der Waals surface area contributed by atoms with E-state index >= 15 is 0 Å². The number of aryl methyl sites for hydroxylation is 1. The molecule has 0 aliphatic carbocycles. The first kappa shape index (κ1) is 25.4. The predicted molar refractivity (Wildman–Crippen MR) is 124 cm³/mol. The van der Waals surface area contributed by atoms with Crippen molar-refractivity contribution < 1.29 is 17.6 Å². The summed E-state index contributed by atoms with van der Waals surface area (Å²) in [4.78, 5) is 4.37. The molecule has 162 valence electrons. The highest BCUT2D eigenvalue weighted by atomic mass is 127. The average molecular weight is 536 g/mol. The molecule has 0 atom stereocenters.